The Balaban J connectivity index is 1.53. The first-order chi connectivity index (χ1) is 15.0. The summed E-state index contributed by atoms with van der Waals surface area (Å²) in [5.74, 6) is 0.808. The van der Waals surface area contributed by atoms with Crippen LogP contribution in [0.15, 0.2) is 77.7 Å². The molecule has 0 unspecified atom stereocenters. The van der Waals surface area contributed by atoms with Crippen molar-refractivity contribution < 1.29 is 19.1 Å². The summed E-state index contributed by atoms with van der Waals surface area (Å²) in [6.07, 6.45) is 0. The van der Waals surface area contributed by atoms with Gasteiger partial charge in [0.15, 0.2) is 6.61 Å². The molecule has 6 nitrogen and oxygen atoms in total. The topological polar surface area (TPSA) is 76.7 Å². The van der Waals surface area contributed by atoms with Crippen LogP contribution in [0.1, 0.15) is 0 Å². The highest BCUT2D eigenvalue weighted by Crippen LogP contribution is 2.28. The van der Waals surface area contributed by atoms with Gasteiger partial charge in [-0.2, -0.15) is 0 Å². The molecule has 31 heavy (non-hydrogen) atoms. The summed E-state index contributed by atoms with van der Waals surface area (Å²) < 4.78 is 10.8. The summed E-state index contributed by atoms with van der Waals surface area (Å²) in [6, 6.07) is 21.4. The number of hydrogen-bond donors (Lipinski definition) is 2. The van der Waals surface area contributed by atoms with Gasteiger partial charge in [0.05, 0.1) is 18.6 Å². The summed E-state index contributed by atoms with van der Waals surface area (Å²) >= 11 is 7.28. The largest absolute Gasteiger partial charge is 0.494 e. The number of methoxy groups -OCH3 is 1. The van der Waals surface area contributed by atoms with E-state index in [1.54, 1.807) is 42.5 Å². The maximum Gasteiger partial charge on any atom is 0.262 e. The molecule has 3 rings (SSSR count). The molecule has 0 aliphatic carbocycles. The Morgan fingerprint density at radius 3 is 2.39 bits per heavy atom. The lowest BCUT2D eigenvalue weighted by Crippen LogP contribution is -2.20. The van der Waals surface area contributed by atoms with Crippen molar-refractivity contribution in [2.75, 3.05) is 30.1 Å². The van der Waals surface area contributed by atoms with E-state index in [0.29, 0.717) is 27.9 Å². The van der Waals surface area contributed by atoms with Crippen LogP contribution < -0.4 is 20.1 Å². The van der Waals surface area contributed by atoms with E-state index in [9.17, 15) is 9.59 Å². The van der Waals surface area contributed by atoms with Gasteiger partial charge in [-0.3, -0.25) is 9.59 Å². The Morgan fingerprint density at radius 2 is 1.68 bits per heavy atom. The Bertz CT molecular complexity index is 1030. The molecule has 0 aliphatic rings. The monoisotopic (exact) mass is 456 g/mol. The summed E-state index contributed by atoms with van der Waals surface area (Å²) in [6.45, 7) is -0.131. The van der Waals surface area contributed by atoms with Gasteiger partial charge in [-0.25, -0.2) is 0 Å². The number of halogens is 1. The van der Waals surface area contributed by atoms with E-state index in [0.717, 1.165) is 4.90 Å². The molecule has 0 spiro atoms. The third-order valence-electron chi connectivity index (χ3n) is 4.06. The highest BCUT2D eigenvalue weighted by molar-refractivity contribution is 8.00. The SMILES string of the molecule is COc1cc(NC(=O)CSc2ccc(Cl)cc2)ccc1NC(=O)COc1ccccc1. The third kappa shape index (κ3) is 7.24. The van der Waals surface area contributed by atoms with Crippen molar-refractivity contribution in [3.05, 3.63) is 77.8 Å². The molecule has 0 fully saturated rings. The highest BCUT2D eigenvalue weighted by atomic mass is 35.5. The molecule has 0 bridgehead atoms. The van der Waals surface area contributed by atoms with Crippen molar-refractivity contribution in [3.63, 3.8) is 0 Å². The van der Waals surface area contributed by atoms with Crippen LogP contribution >= 0.6 is 23.4 Å². The van der Waals surface area contributed by atoms with E-state index in [1.165, 1.54) is 18.9 Å². The fourth-order valence-electron chi connectivity index (χ4n) is 2.60. The molecule has 8 heteroatoms. The second-order valence-electron chi connectivity index (χ2n) is 6.36. The zero-order valence-electron chi connectivity index (χ0n) is 16.8. The average Bonchev–Trinajstić information content (AvgIpc) is 2.79. The smallest absolute Gasteiger partial charge is 0.262 e. The summed E-state index contributed by atoms with van der Waals surface area (Å²) in [4.78, 5) is 25.4. The Labute approximate surface area is 189 Å². The van der Waals surface area contributed by atoms with E-state index in [1.807, 2.05) is 30.3 Å². The zero-order chi connectivity index (χ0) is 22.1. The van der Waals surface area contributed by atoms with Crippen LogP contribution in [0.25, 0.3) is 0 Å². The minimum atomic E-state index is -0.321. The summed E-state index contributed by atoms with van der Waals surface area (Å²) in [7, 11) is 1.49. The zero-order valence-corrected chi connectivity index (χ0v) is 18.3. The number of amides is 2. The van der Waals surface area contributed by atoms with Crippen LogP contribution in [-0.2, 0) is 9.59 Å². The lowest BCUT2D eigenvalue weighted by atomic mass is 10.2. The lowest BCUT2D eigenvalue weighted by molar-refractivity contribution is -0.118. The van der Waals surface area contributed by atoms with Crippen LogP contribution in [0.5, 0.6) is 11.5 Å². The van der Waals surface area contributed by atoms with Crippen molar-refractivity contribution in [1.82, 2.24) is 0 Å². The predicted molar refractivity (Wildman–Crippen MR) is 124 cm³/mol. The number of benzene rings is 3. The molecule has 0 aliphatic heterocycles. The molecule has 160 valence electrons. The van der Waals surface area contributed by atoms with Gasteiger partial charge in [-0.05, 0) is 48.5 Å². The predicted octanol–water partition coefficient (Wildman–Crippen LogP) is 5.10. The van der Waals surface area contributed by atoms with Crippen molar-refractivity contribution >= 4 is 46.6 Å². The maximum absolute atomic E-state index is 12.2. The van der Waals surface area contributed by atoms with Gasteiger partial charge in [0.1, 0.15) is 11.5 Å². The molecule has 0 saturated carbocycles. The Hall–Kier alpha value is -3.16. The number of carbonyl (C=O) groups is 2. The van der Waals surface area contributed by atoms with Gasteiger partial charge in [0, 0.05) is 21.7 Å². The fraction of sp³-hybridized carbons (Fsp3) is 0.130. The van der Waals surface area contributed by atoms with E-state index in [-0.39, 0.29) is 24.2 Å². The number of hydrogen-bond acceptors (Lipinski definition) is 5. The maximum atomic E-state index is 12.2. The second kappa shape index (κ2) is 11.3. The quantitative estimate of drug-likeness (QED) is 0.438. The van der Waals surface area contributed by atoms with Gasteiger partial charge in [-0.1, -0.05) is 29.8 Å². The van der Waals surface area contributed by atoms with E-state index in [2.05, 4.69) is 10.6 Å². The molecule has 0 atom stereocenters. The van der Waals surface area contributed by atoms with Crippen molar-refractivity contribution in [2.24, 2.45) is 0 Å². The number of para-hydroxylation sites is 1. The van der Waals surface area contributed by atoms with E-state index in [4.69, 9.17) is 21.1 Å². The van der Waals surface area contributed by atoms with E-state index >= 15 is 0 Å². The normalized spacial score (nSPS) is 10.3. The molecule has 3 aromatic rings. The number of ether oxygens (including phenoxy) is 2. The summed E-state index contributed by atoms with van der Waals surface area (Å²) in [5, 5.41) is 6.22. The van der Waals surface area contributed by atoms with Crippen LogP contribution in [0.3, 0.4) is 0 Å². The van der Waals surface area contributed by atoms with Crippen LogP contribution in [0.4, 0.5) is 11.4 Å². The number of thioether (sulfide) groups is 1. The summed E-state index contributed by atoms with van der Waals surface area (Å²) in [5.41, 5.74) is 1.05. The standard InChI is InChI=1S/C23H21ClN2O4S/c1-29-21-13-17(25-23(28)15-31-19-10-7-16(24)8-11-19)9-12-20(21)26-22(27)14-30-18-5-3-2-4-6-18/h2-13H,14-15H2,1H3,(H,25,28)(H,26,27). The first-order valence-corrected chi connectivity index (χ1v) is 10.7. The van der Waals surface area contributed by atoms with Crippen molar-refractivity contribution in [1.29, 1.82) is 0 Å². The Kier molecular flexibility index (Phi) is 8.20. The number of nitrogens with one attached hydrogen (secondary N) is 2. The molecular formula is C23H21ClN2O4S. The Morgan fingerprint density at radius 1 is 0.935 bits per heavy atom. The van der Waals surface area contributed by atoms with E-state index < -0.39 is 0 Å². The van der Waals surface area contributed by atoms with Gasteiger partial charge in [0.25, 0.3) is 5.91 Å². The molecule has 2 amide bonds. The van der Waals surface area contributed by atoms with Crippen LogP contribution in [0.2, 0.25) is 5.02 Å². The number of anilines is 2. The molecule has 0 radical (unpaired) electrons. The second-order valence-corrected chi connectivity index (χ2v) is 7.84. The van der Waals surface area contributed by atoms with Crippen molar-refractivity contribution in [3.8, 4) is 11.5 Å². The third-order valence-corrected chi connectivity index (χ3v) is 5.32. The molecule has 0 heterocycles. The average molecular weight is 457 g/mol. The lowest BCUT2D eigenvalue weighted by Gasteiger charge is -2.13. The molecule has 2 N–H and O–H groups in total. The molecule has 3 aromatic carbocycles. The molecule has 0 aromatic heterocycles. The van der Waals surface area contributed by atoms with Gasteiger partial charge in [-0.15, -0.1) is 11.8 Å². The minimum absolute atomic E-state index is 0.131. The minimum Gasteiger partial charge on any atom is -0.494 e. The van der Waals surface area contributed by atoms with Crippen molar-refractivity contribution in [2.45, 2.75) is 4.90 Å². The number of rotatable bonds is 9. The highest BCUT2D eigenvalue weighted by Gasteiger charge is 2.11. The molecular weight excluding hydrogens is 436 g/mol. The van der Waals surface area contributed by atoms with Crippen LogP contribution in [0, 0.1) is 0 Å². The van der Waals surface area contributed by atoms with Gasteiger partial charge < -0.3 is 20.1 Å². The molecule has 0 saturated heterocycles. The first-order valence-electron chi connectivity index (χ1n) is 9.37. The first kappa shape index (κ1) is 22.5. The number of carbonyl (C=O) groups excluding carboxylic acids is 2. The van der Waals surface area contributed by atoms with Gasteiger partial charge in [0.2, 0.25) is 5.91 Å². The fourth-order valence-corrected chi connectivity index (χ4v) is 3.43. The van der Waals surface area contributed by atoms with Crippen LogP contribution in [-0.4, -0.2) is 31.3 Å². The van der Waals surface area contributed by atoms with Gasteiger partial charge >= 0.3 is 0 Å².